The Morgan fingerprint density at radius 1 is 1.32 bits per heavy atom. The average Bonchev–Trinajstić information content (AvgIpc) is 2.52. The minimum atomic E-state index is 0.0959. The Morgan fingerprint density at radius 2 is 2.00 bits per heavy atom. The number of hydrogen-bond acceptors (Lipinski definition) is 3. The molecule has 1 aromatic carbocycles. The first-order valence-corrected chi connectivity index (χ1v) is 7.18. The number of nitrogens with one attached hydrogen (secondary N) is 1. The van der Waals surface area contributed by atoms with E-state index in [-0.39, 0.29) is 5.75 Å². The molecule has 0 fully saturated rings. The molecule has 3 heteroatoms. The van der Waals surface area contributed by atoms with Gasteiger partial charge in [-0.25, -0.2) is 0 Å². The van der Waals surface area contributed by atoms with Gasteiger partial charge in [-0.15, -0.1) is 12.8 Å². The summed E-state index contributed by atoms with van der Waals surface area (Å²) in [4.78, 5) is 0. The van der Waals surface area contributed by atoms with E-state index in [0.29, 0.717) is 23.6 Å². The molecule has 0 spiro atoms. The van der Waals surface area contributed by atoms with Crippen LogP contribution in [0.1, 0.15) is 39.2 Å². The molecule has 0 saturated carbocycles. The van der Waals surface area contributed by atoms with Gasteiger partial charge in [0.15, 0.2) is 0 Å². The van der Waals surface area contributed by atoms with Crippen molar-refractivity contribution in [3.05, 3.63) is 47.6 Å². The van der Waals surface area contributed by atoms with Crippen molar-refractivity contribution < 1.29 is 9.84 Å². The number of rotatable bonds is 7. The molecule has 1 rings (SSSR count). The van der Waals surface area contributed by atoms with E-state index in [4.69, 9.17) is 10.1 Å². The maximum absolute atomic E-state index is 9.75. The number of terminal acetylenes is 1. The van der Waals surface area contributed by atoms with Crippen molar-refractivity contribution in [3.63, 3.8) is 0 Å². The molecule has 0 aromatic heterocycles. The zero-order valence-electron chi connectivity index (χ0n) is 13.6. The Labute approximate surface area is 133 Å². The number of phenolic OH excluding ortho intramolecular Hbond substituents is 1. The van der Waals surface area contributed by atoms with Gasteiger partial charge in [-0.05, 0) is 45.7 Å². The second-order valence-corrected chi connectivity index (χ2v) is 4.73. The smallest absolute Gasteiger partial charge is 0.128 e. The minimum Gasteiger partial charge on any atom is -0.507 e. The third kappa shape index (κ3) is 7.35. The first kappa shape index (κ1) is 19.5. The van der Waals surface area contributed by atoms with Crippen LogP contribution in [-0.4, -0.2) is 17.4 Å². The summed E-state index contributed by atoms with van der Waals surface area (Å²) < 4.78 is 5.58. The summed E-state index contributed by atoms with van der Waals surface area (Å²) in [6.07, 6.45) is 16.2. The summed E-state index contributed by atoms with van der Waals surface area (Å²) >= 11 is 0. The minimum absolute atomic E-state index is 0.0959. The highest BCUT2D eigenvalue weighted by Crippen LogP contribution is 2.24. The number of unbranched alkanes of at least 4 members (excludes halogenated alkanes) is 1. The first-order valence-electron chi connectivity index (χ1n) is 7.18. The van der Waals surface area contributed by atoms with Gasteiger partial charge in [0.05, 0.1) is 6.61 Å². The van der Waals surface area contributed by atoms with Gasteiger partial charge in [-0.2, -0.15) is 0 Å². The van der Waals surface area contributed by atoms with Crippen molar-refractivity contribution in [2.24, 2.45) is 0 Å². The molecular weight excluding hydrogens is 274 g/mol. The summed E-state index contributed by atoms with van der Waals surface area (Å²) in [5.41, 5.74) is 2.15. The lowest BCUT2D eigenvalue weighted by Crippen LogP contribution is -1.98. The fourth-order valence-corrected chi connectivity index (χ4v) is 1.68. The van der Waals surface area contributed by atoms with Crippen LogP contribution in [-0.2, 0) is 0 Å². The number of aromatic hydroxyl groups is 1. The van der Waals surface area contributed by atoms with E-state index in [2.05, 4.69) is 38.0 Å². The molecular formula is C19H25NO2. The van der Waals surface area contributed by atoms with Gasteiger partial charge in [-0.3, -0.25) is 0 Å². The van der Waals surface area contributed by atoms with Crippen LogP contribution in [0, 0.1) is 18.3 Å². The number of phenols is 1. The van der Waals surface area contributed by atoms with Gasteiger partial charge in [-0.1, -0.05) is 23.8 Å². The Morgan fingerprint density at radius 3 is 2.55 bits per heavy atom. The van der Waals surface area contributed by atoms with E-state index in [1.54, 1.807) is 25.1 Å². The highest BCUT2D eigenvalue weighted by molar-refractivity contribution is 5.98. The van der Waals surface area contributed by atoms with Gasteiger partial charge in [0.25, 0.3) is 0 Å². The van der Waals surface area contributed by atoms with Crippen molar-refractivity contribution in [1.29, 1.82) is 5.41 Å². The molecule has 0 unspecified atom stereocenters. The summed E-state index contributed by atoms with van der Waals surface area (Å²) in [5.74, 6) is 0.736. The van der Waals surface area contributed by atoms with Gasteiger partial charge in [0, 0.05) is 17.3 Å². The second-order valence-electron chi connectivity index (χ2n) is 4.73. The largest absolute Gasteiger partial charge is 0.507 e. The van der Waals surface area contributed by atoms with E-state index in [1.807, 2.05) is 6.92 Å². The predicted octanol–water partition coefficient (Wildman–Crippen LogP) is 4.71. The number of ether oxygens (including phenoxy) is 1. The fourth-order valence-electron chi connectivity index (χ4n) is 1.68. The lowest BCUT2D eigenvalue weighted by Gasteiger charge is -2.08. The lowest BCUT2D eigenvalue weighted by molar-refractivity contribution is 0.310. The molecule has 0 saturated heterocycles. The summed E-state index contributed by atoms with van der Waals surface area (Å²) in [6, 6.07) is 5.06. The molecule has 0 aliphatic carbocycles. The molecule has 2 N–H and O–H groups in total. The Balaban J connectivity index is 0.00000211. The van der Waals surface area contributed by atoms with Crippen molar-refractivity contribution in [2.45, 2.75) is 33.6 Å². The van der Waals surface area contributed by atoms with Crippen LogP contribution in [0.4, 0.5) is 0 Å². The molecule has 22 heavy (non-hydrogen) atoms. The summed E-state index contributed by atoms with van der Waals surface area (Å²) in [5, 5.41) is 17.3. The SMILES string of the molecule is C#C.C/C=C(C)\C=C/CCCOc1ccc(C(C)=N)c(O)c1. The van der Waals surface area contributed by atoms with Crippen molar-refractivity contribution in [3.8, 4) is 24.3 Å². The van der Waals surface area contributed by atoms with Crippen LogP contribution in [0.3, 0.4) is 0 Å². The van der Waals surface area contributed by atoms with Crippen LogP contribution in [0.5, 0.6) is 11.5 Å². The van der Waals surface area contributed by atoms with E-state index in [1.165, 1.54) is 5.57 Å². The van der Waals surface area contributed by atoms with Gasteiger partial charge < -0.3 is 15.3 Å². The first-order chi connectivity index (χ1) is 10.5. The summed E-state index contributed by atoms with van der Waals surface area (Å²) in [6.45, 7) is 6.35. The second kappa shape index (κ2) is 11.2. The van der Waals surface area contributed by atoms with Gasteiger partial charge in [0.2, 0.25) is 0 Å². The molecule has 0 aliphatic heterocycles. The van der Waals surface area contributed by atoms with E-state index >= 15 is 0 Å². The van der Waals surface area contributed by atoms with Crippen LogP contribution in [0.2, 0.25) is 0 Å². The molecule has 118 valence electrons. The van der Waals surface area contributed by atoms with Crippen molar-refractivity contribution in [2.75, 3.05) is 6.61 Å². The average molecular weight is 299 g/mol. The monoisotopic (exact) mass is 299 g/mol. The molecule has 3 nitrogen and oxygen atoms in total. The van der Waals surface area contributed by atoms with Crippen LogP contribution in [0.25, 0.3) is 0 Å². The zero-order chi connectivity index (χ0) is 17.0. The number of hydrogen-bond donors (Lipinski definition) is 2. The van der Waals surface area contributed by atoms with Crippen molar-refractivity contribution >= 4 is 5.71 Å². The molecule has 0 amide bonds. The van der Waals surface area contributed by atoms with Gasteiger partial charge >= 0.3 is 0 Å². The molecule has 0 heterocycles. The summed E-state index contributed by atoms with van der Waals surface area (Å²) in [7, 11) is 0. The lowest BCUT2D eigenvalue weighted by atomic mass is 10.1. The third-order valence-electron chi connectivity index (χ3n) is 2.99. The standard InChI is InChI=1S/C17H23NO2.C2H2/c1-4-13(2)8-6-5-7-11-20-15-9-10-16(14(3)18)17(19)12-15;1-2/h4,6,8-10,12,18-19H,5,7,11H2,1-3H3;1-2H/b8-6-,13-4-,18-14?;. The fraction of sp³-hybridized carbons (Fsp3) is 0.316. The molecule has 1 aromatic rings. The maximum atomic E-state index is 9.75. The van der Waals surface area contributed by atoms with E-state index in [0.717, 1.165) is 12.8 Å². The molecule has 0 bridgehead atoms. The Hall–Kier alpha value is -2.47. The Bertz CT molecular complexity index is 554. The topological polar surface area (TPSA) is 53.3 Å². The number of benzene rings is 1. The molecule has 0 radical (unpaired) electrons. The normalized spacial score (nSPS) is 10.9. The zero-order valence-corrected chi connectivity index (χ0v) is 13.6. The highest BCUT2D eigenvalue weighted by Gasteiger charge is 2.04. The van der Waals surface area contributed by atoms with Crippen molar-refractivity contribution in [1.82, 2.24) is 0 Å². The van der Waals surface area contributed by atoms with Crippen LogP contribution in [0.15, 0.2) is 42.0 Å². The van der Waals surface area contributed by atoms with E-state index < -0.39 is 0 Å². The third-order valence-corrected chi connectivity index (χ3v) is 2.99. The van der Waals surface area contributed by atoms with Crippen LogP contribution >= 0.6 is 0 Å². The quantitative estimate of drug-likeness (QED) is 0.331. The number of allylic oxidation sites excluding steroid dienone is 4. The van der Waals surface area contributed by atoms with Gasteiger partial charge in [0.1, 0.15) is 11.5 Å². The highest BCUT2D eigenvalue weighted by atomic mass is 16.5. The predicted molar refractivity (Wildman–Crippen MR) is 93.8 cm³/mol. The van der Waals surface area contributed by atoms with E-state index in [9.17, 15) is 5.11 Å². The molecule has 0 atom stereocenters. The maximum Gasteiger partial charge on any atom is 0.128 e. The van der Waals surface area contributed by atoms with Crippen LogP contribution < -0.4 is 4.74 Å². The Kier molecular flexibility index (Phi) is 9.96. The molecule has 0 aliphatic rings.